The molecule has 4 aromatic rings. The van der Waals surface area contributed by atoms with Crippen molar-refractivity contribution in [2.75, 3.05) is 18.4 Å². The van der Waals surface area contributed by atoms with E-state index < -0.39 is 20.7 Å². The molecule has 1 aromatic carbocycles. The van der Waals surface area contributed by atoms with Crippen LogP contribution < -0.4 is 18.9 Å². The summed E-state index contributed by atoms with van der Waals surface area (Å²) >= 11 is 1.34. The summed E-state index contributed by atoms with van der Waals surface area (Å²) in [5.41, 5.74) is 1.43. The van der Waals surface area contributed by atoms with Gasteiger partial charge >= 0.3 is 0 Å². The number of aryl methyl sites for hydroxylation is 1. The van der Waals surface area contributed by atoms with Gasteiger partial charge in [0, 0.05) is 35.0 Å². The third-order valence-corrected chi connectivity index (χ3v) is 7.23. The Morgan fingerprint density at radius 3 is 2.88 bits per heavy atom. The predicted molar refractivity (Wildman–Crippen MR) is 123 cm³/mol. The maximum absolute atomic E-state index is 13.2. The maximum atomic E-state index is 13.2. The van der Waals surface area contributed by atoms with Crippen LogP contribution in [0.15, 0.2) is 33.1 Å². The van der Waals surface area contributed by atoms with Crippen LogP contribution in [0.1, 0.15) is 24.1 Å². The Morgan fingerprint density at radius 1 is 1.26 bits per heavy atom. The van der Waals surface area contributed by atoms with Gasteiger partial charge in [0.15, 0.2) is 16.3 Å². The summed E-state index contributed by atoms with van der Waals surface area (Å²) in [6.45, 7) is 2.05. The number of pyridine rings is 1. The number of fused-ring (bicyclic) bond motifs is 3. The highest BCUT2D eigenvalue weighted by Crippen LogP contribution is 2.45. The number of benzene rings is 1. The Labute approximate surface area is 198 Å². The molecule has 11 nitrogen and oxygen atoms in total. The molecule has 0 fully saturated rings. The van der Waals surface area contributed by atoms with E-state index in [4.69, 9.17) is 18.7 Å². The fourth-order valence-electron chi connectivity index (χ4n) is 3.76. The lowest BCUT2D eigenvalue weighted by atomic mass is 10.0. The summed E-state index contributed by atoms with van der Waals surface area (Å²) in [4.78, 5) is 7.70. The van der Waals surface area contributed by atoms with Gasteiger partial charge in [-0.3, -0.25) is 4.72 Å². The second kappa shape index (κ2) is 8.65. The van der Waals surface area contributed by atoms with E-state index in [2.05, 4.69) is 19.8 Å². The standard InChI is InChI=1S/C21H20N4O7S2/c1-11-9-13(26)18(20(23-11)29-2)34(27,28)25-19-16-15(32-24-19)10-14(31-21-22-6-8-33-21)12-5-3-4-7-30-17(12)16/h6,8-10H,3-5,7H2,1-2H3,(H,23,26)(H,24,25). The average Bonchev–Trinajstić information content (AvgIpc) is 3.36. The number of aromatic nitrogens is 3. The second-order valence-electron chi connectivity index (χ2n) is 7.52. The lowest BCUT2D eigenvalue weighted by Crippen LogP contribution is -2.16. The predicted octanol–water partition coefficient (Wildman–Crippen LogP) is 4.01. The summed E-state index contributed by atoms with van der Waals surface area (Å²) in [5, 5.41) is 16.9. The van der Waals surface area contributed by atoms with Gasteiger partial charge in [-0.2, -0.15) is 0 Å². The van der Waals surface area contributed by atoms with Crippen molar-refractivity contribution in [3.8, 4) is 28.3 Å². The normalized spacial score (nSPS) is 13.7. The number of hydrogen-bond acceptors (Lipinski definition) is 11. The summed E-state index contributed by atoms with van der Waals surface area (Å²) in [6, 6.07) is 2.87. The number of methoxy groups -OCH3 is 1. The molecule has 0 atom stereocenters. The lowest BCUT2D eigenvalue weighted by Gasteiger charge is -2.14. The van der Waals surface area contributed by atoms with Crippen LogP contribution >= 0.6 is 11.3 Å². The SMILES string of the molecule is COc1nc(C)cc(O)c1S(=O)(=O)Nc1noc2cc(Oc3nccs3)c3c(c12)OCCCC3. The van der Waals surface area contributed by atoms with Crippen LogP contribution in [0.2, 0.25) is 0 Å². The van der Waals surface area contributed by atoms with E-state index in [1.165, 1.54) is 24.5 Å². The highest BCUT2D eigenvalue weighted by atomic mass is 32.2. The van der Waals surface area contributed by atoms with E-state index in [9.17, 15) is 13.5 Å². The fourth-order valence-corrected chi connectivity index (χ4v) is 5.45. The number of anilines is 1. The van der Waals surface area contributed by atoms with Gasteiger partial charge in [0.05, 0.1) is 13.7 Å². The zero-order valence-electron chi connectivity index (χ0n) is 18.2. The molecule has 2 N–H and O–H groups in total. The first kappa shape index (κ1) is 22.2. The second-order valence-corrected chi connectivity index (χ2v) is 10.00. The minimum atomic E-state index is -4.36. The molecule has 3 aromatic heterocycles. The van der Waals surface area contributed by atoms with Gasteiger partial charge in [-0.25, -0.2) is 18.4 Å². The van der Waals surface area contributed by atoms with E-state index in [1.54, 1.807) is 24.6 Å². The molecule has 0 amide bonds. The summed E-state index contributed by atoms with van der Waals surface area (Å²) < 4.78 is 51.3. The molecule has 5 rings (SSSR count). The lowest BCUT2D eigenvalue weighted by molar-refractivity contribution is 0.319. The van der Waals surface area contributed by atoms with Crippen molar-refractivity contribution >= 4 is 38.1 Å². The van der Waals surface area contributed by atoms with Crippen molar-refractivity contribution in [3.63, 3.8) is 0 Å². The monoisotopic (exact) mass is 504 g/mol. The Balaban J connectivity index is 1.62. The van der Waals surface area contributed by atoms with Gasteiger partial charge in [0.2, 0.25) is 5.88 Å². The van der Waals surface area contributed by atoms with Gasteiger partial charge < -0.3 is 23.8 Å². The molecule has 1 aliphatic rings. The van der Waals surface area contributed by atoms with E-state index in [1.807, 2.05) is 0 Å². The van der Waals surface area contributed by atoms with Crippen molar-refractivity contribution in [2.45, 2.75) is 31.1 Å². The Bertz CT molecular complexity index is 1470. The number of thiazole rings is 1. The zero-order chi connectivity index (χ0) is 23.9. The molecule has 0 spiro atoms. The summed E-state index contributed by atoms with van der Waals surface area (Å²) in [5.74, 6) is 0.104. The van der Waals surface area contributed by atoms with Crippen LogP contribution in [0.3, 0.4) is 0 Å². The largest absolute Gasteiger partial charge is 0.506 e. The fraction of sp³-hybridized carbons (Fsp3) is 0.286. The van der Waals surface area contributed by atoms with Gasteiger partial charge in [0.1, 0.15) is 22.6 Å². The Kier molecular flexibility index (Phi) is 5.65. The van der Waals surface area contributed by atoms with Crippen LogP contribution in [0.25, 0.3) is 11.0 Å². The third-order valence-electron chi connectivity index (χ3n) is 5.20. The molecule has 0 saturated carbocycles. The highest BCUT2D eigenvalue weighted by Gasteiger charge is 2.30. The highest BCUT2D eigenvalue weighted by molar-refractivity contribution is 7.93. The molecule has 13 heteroatoms. The van der Waals surface area contributed by atoms with E-state index in [-0.39, 0.29) is 17.3 Å². The molecule has 0 radical (unpaired) electrons. The molecule has 0 saturated heterocycles. The van der Waals surface area contributed by atoms with Gasteiger partial charge in [-0.15, -0.1) is 0 Å². The van der Waals surface area contributed by atoms with Crippen LogP contribution in [-0.4, -0.2) is 42.4 Å². The van der Waals surface area contributed by atoms with Crippen molar-refractivity contribution in [1.82, 2.24) is 15.1 Å². The first-order valence-electron chi connectivity index (χ1n) is 10.3. The molecule has 4 heterocycles. The molecule has 0 bridgehead atoms. The minimum Gasteiger partial charge on any atom is -0.506 e. The van der Waals surface area contributed by atoms with Crippen LogP contribution in [0, 0.1) is 6.92 Å². The number of rotatable bonds is 6. The number of nitrogens with one attached hydrogen (secondary N) is 1. The Hall–Kier alpha value is -3.58. The minimum absolute atomic E-state index is 0.0871. The van der Waals surface area contributed by atoms with Gasteiger partial charge in [-0.05, 0) is 26.2 Å². The smallest absolute Gasteiger partial charge is 0.278 e. The first-order chi connectivity index (χ1) is 16.4. The zero-order valence-corrected chi connectivity index (χ0v) is 19.8. The number of ether oxygens (including phenoxy) is 3. The van der Waals surface area contributed by atoms with Crippen LogP contribution in [0.4, 0.5) is 5.82 Å². The number of sulfonamides is 1. The number of hydrogen-bond donors (Lipinski definition) is 2. The van der Waals surface area contributed by atoms with Crippen molar-refractivity contribution in [3.05, 3.63) is 35.0 Å². The molecule has 1 aliphatic heterocycles. The van der Waals surface area contributed by atoms with Crippen molar-refractivity contribution < 1.29 is 32.3 Å². The molecule has 178 valence electrons. The third kappa shape index (κ3) is 3.96. The van der Waals surface area contributed by atoms with Crippen molar-refractivity contribution in [1.29, 1.82) is 0 Å². The first-order valence-corrected chi connectivity index (χ1v) is 12.7. The van der Waals surface area contributed by atoms with Crippen molar-refractivity contribution in [2.24, 2.45) is 0 Å². The summed E-state index contributed by atoms with van der Waals surface area (Å²) in [7, 11) is -3.09. The molecule has 0 aliphatic carbocycles. The topological polar surface area (TPSA) is 146 Å². The Morgan fingerprint density at radius 2 is 2.12 bits per heavy atom. The van der Waals surface area contributed by atoms with E-state index in [0.29, 0.717) is 40.8 Å². The van der Waals surface area contributed by atoms with E-state index in [0.717, 1.165) is 18.4 Å². The van der Waals surface area contributed by atoms with E-state index >= 15 is 0 Å². The van der Waals surface area contributed by atoms with Gasteiger partial charge in [-0.1, -0.05) is 16.5 Å². The van der Waals surface area contributed by atoms with Crippen LogP contribution in [0.5, 0.6) is 28.3 Å². The van der Waals surface area contributed by atoms with Crippen LogP contribution in [-0.2, 0) is 16.4 Å². The van der Waals surface area contributed by atoms with Gasteiger partial charge in [0.25, 0.3) is 15.2 Å². The quantitative estimate of drug-likeness (QED) is 0.395. The number of nitrogens with zero attached hydrogens (tertiary/aromatic N) is 3. The average molecular weight is 505 g/mol. The molecule has 0 unspecified atom stereocenters. The number of aromatic hydroxyl groups is 1. The molecular weight excluding hydrogens is 484 g/mol. The molecular formula is C21H20N4O7S2. The molecule has 34 heavy (non-hydrogen) atoms. The summed E-state index contributed by atoms with van der Waals surface area (Å²) in [6.07, 6.45) is 3.97. The maximum Gasteiger partial charge on any atom is 0.278 e.